The number of nitrogens with zero attached hydrogens (tertiary/aromatic N) is 1. The molecule has 1 atom stereocenters. The lowest BCUT2D eigenvalue weighted by Gasteiger charge is -2.40. The Morgan fingerprint density at radius 1 is 0.755 bits per heavy atom. The standard InChI is InChI=1S/C40H58ClNO5Si2/c1-38(2,3)45-37(44)42(28-35(32-15-14-16-33(41)27-32)47-49(12,13)40(7,8)9)26-25-29-17-19-30(20-18-29)36(43)31-21-23-34(24-22-31)46-48(10,11)39(4,5)6/h14-24,27,35H,25-26,28H2,1-13H3/t35-/m0/s1. The third-order valence-electron chi connectivity index (χ3n) is 9.68. The average molecular weight is 725 g/mol. The highest BCUT2D eigenvalue weighted by molar-refractivity contribution is 6.75. The third kappa shape index (κ3) is 11.6. The molecule has 0 bridgehead atoms. The van der Waals surface area contributed by atoms with E-state index in [2.05, 4.69) is 67.7 Å². The summed E-state index contributed by atoms with van der Waals surface area (Å²) in [5, 5.41) is 0.680. The largest absolute Gasteiger partial charge is 0.544 e. The topological polar surface area (TPSA) is 65.1 Å². The molecule has 0 unspecified atom stereocenters. The van der Waals surface area contributed by atoms with Gasteiger partial charge in [-0.1, -0.05) is 89.5 Å². The number of amides is 1. The summed E-state index contributed by atoms with van der Waals surface area (Å²) >= 11 is 6.42. The van der Waals surface area contributed by atoms with Crippen molar-refractivity contribution < 1.29 is 23.2 Å². The Hall–Kier alpha value is -2.92. The molecule has 1 amide bonds. The van der Waals surface area contributed by atoms with Crippen molar-refractivity contribution in [3.8, 4) is 5.75 Å². The van der Waals surface area contributed by atoms with E-state index in [0.29, 0.717) is 35.7 Å². The van der Waals surface area contributed by atoms with Gasteiger partial charge in [0.2, 0.25) is 8.32 Å². The molecule has 49 heavy (non-hydrogen) atoms. The van der Waals surface area contributed by atoms with Gasteiger partial charge in [-0.05, 0) is 111 Å². The quantitative estimate of drug-likeness (QED) is 0.137. The van der Waals surface area contributed by atoms with Crippen molar-refractivity contribution in [2.45, 2.75) is 117 Å². The Bertz CT molecular complexity index is 1570. The maximum atomic E-state index is 13.6. The fourth-order valence-electron chi connectivity index (χ4n) is 4.61. The van der Waals surface area contributed by atoms with Gasteiger partial charge < -0.3 is 18.5 Å². The summed E-state index contributed by atoms with van der Waals surface area (Å²) in [4.78, 5) is 28.7. The molecule has 3 rings (SSSR count). The van der Waals surface area contributed by atoms with E-state index in [9.17, 15) is 9.59 Å². The molecule has 0 N–H and O–H groups in total. The van der Waals surface area contributed by atoms with E-state index >= 15 is 0 Å². The number of benzene rings is 3. The van der Waals surface area contributed by atoms with Crippen LogP contribution in [0.15, 0.2) is 72.8 Å². The Morgan fingerprint density at radius 3 is 1.78 bits per heavy atom. The fourth-order valence-corrected chi connectivity index (χ4v) is 7.12. The predicted octanol–water partition coefficient (Wildman–Crippen LogP) is 11.5. The molecule has 0 fully saturated rings. The van der Waals surface area contributed by atoms with Gasteiger partial charge in [0, 0.05) is 22.7 Å². The molecule has 0 aromatic heterocycles. The van der Waals surface area contributed by atoms with Crippen LogP contribution in [0.2, 0.25) is 41.3 Å². The zero-order valence-electron chi connectivity index (χ0n) is 32.0. The summed E-state index contributed by atoms with van der Waals surface area (Å²) in [5.41, 5.74) is 2.49. The molecule has 0 aliphatic carbocycles. The predicted molar refractivity (Wildman–Crippen MR) is 208 cm³/mol. The molecule has 0 aliphatic heterocycles. The van der Waals surface area contributed by atoms with Crippen LogP contribution in [-0.2, 0) is 15.6 Å². The van der Waals surface area contributed by atoms with Crippen LogP contribution in [0.5, 0.6) is 5.75 Å². The van der Waals surface area contributed by atoms with Crippen LogP contribution in [0.3, 0.4) is 0 Å². The van der Waals surface area contributed by atoms with Crippen LogP contribution >= 0.6 is 11.6 Å². The van der Waals surface area contributed by atoms with Crippen molar-refractivity contribution in [1.29, 1.82) is 0 Å². The molecule has 3 aromatic carbocycles. The Labute approximate surface area is 302 Å². The molecule has 3 aromatic rings. The lowest BCUT2D eigenvalue weighted by Crippen LogP contribution is -2.46. The Balaban J connectivity index is 1.79. The van der Waals surface area contributed by atoms with Crippen molar-refractivity contribution >= 4 is 40.1 Å². The average Bonchev–Trinajstić information content (AvgIpc) is 2.96. The van der Waals surface area contributed by atoms with Gasteiger partial charge in [-0.25, -0.2) is 4.79 Å². The van der Waals surface area contributed by atoms with Gasteiger partial charge in [0.1, 0.15) is 11.4 Å². The first-order valence-electron chi connectivity index (χ1n) is 17.2. The van der Waals surface area contributed by atoms with Gasteiger partial charge >= 0.3 is 6.09 Å². The second-order valence-electron chi connectivity index (χ2n) is 17.0. The smallest absolute Gasteiger partial charge is 0.410 e. The minimum Gasteiger partial charge on any atom is -0.544 e. The van der Waals surface area contributed by atoms with Crippen LogP contribution in [-0.4, -0.2) is 52.1 Å². The molecular formula is C40H58ClNO5Si2. The molecule has 0 radical (unpaired) electrons. The van der Waals surface area contributed by atoms with Gasteiger partial charge in [0.25, 0.3) is 0 Å². The number of halogens is 1. The van der Waals surface area contributed by atoms with E-state index in [-0.39, 0.29) is 22.0 Å². The number of carbonyl (C=O) groups excluding carboxylic acids is 2. The summed E-state index contributed by atoms with van der Waals surface area (Å²) in [6.07, 6.45) is -0.202. The first kappa shape index (κ1) is 40.5. The third-order valence-corrected chi connectivity index (χ3v) is 18.8. The zero-order valence-corrected chi connectivity index (χ0v) is 34.7. The fraction of sp³-hybridized carbons (Fsp3) is 0.500. The number of ketones is 1. The SMILES string of the molecule is CC(C)(C)OC(=O)N(CCc1ccc(C(=O)c2ccc(O[Si](C)(C)C(C)(C)C)cc2)cc1)C[C@H](O[Si](C)(C)C(C)(C)C)c1cccc(Cl)c1. The molecule has 0 saturated heterocycles. The van der Waals surface area contributed by atoms with E-state index in [4.69, 9.17) is 25.2 Å². The minimum atomic E-state index is -2.23. The van der Waals surface area contributed by atoms with Crippen LogP contribution in [0.25, 0.3) is 0 Å². The van der Waals surface area contributed by atoms with Crippen molar-refractivity contribution in [1.82, 2.24) is 4.90 Å². The zero-order chi connectivity index (χ0) is 37.0. The summed E-state index contributed by atoms with van der Waals surface area (Å²) in [6.45, 7) is 28.4. The van der Waals surface area contributed by atoms with Gasteiger partial charge in [-0.15, -0.1) is 0 Å². The molecule has 0 heterocycles. The second kappa shape index (κ2) is 15.5. The highest BCUT2D eigenvalue weighted by Crippen LogP contribution is 2.40. The van der Waals surface area contributed by atoms with E-state index < -0.39 is 28.3 Å². The molecule has 9 heteroatoms. The first-order chi connectivity index (χ1) is 22.4. The number of hydrogen-bond donors (Lipinski definition) is 0. The van der Waals surface area contributed by atoms with Gasteiger partial charge in [-0.3, -0.25) is 4.79 Å². The van der Waals surface area contributed by atoms with Crippen molar-refractivity contribution in [2.75, 3.05) is 13.1 Å². The second-order valence-corrected chi connectivity index (χ2v) is 26.9. The van der Waals surface area contributed by atoms with Crippen LogP contribution in [0.1, 0.15) is 95.5 Å². The monoisotopic (exact) mass is 723 g/mol. The minimum absolute atomic E-state index is 0.0275. The van der Waals surface area contributed by atoms with E-state index in [1.165, 1.54) is 0 Å². The van der Waals surface area contributed by atoms with Crippen molar-refractivity contribution in [3.63, 3.8) is 0 Å². The Morgan fingerprint density at radius 2 is 1.29 bits per heavy atom. The van der Waals surface area contributed by atoms with Crippen LogP contribution in [0, 0.1) is 0 Å². The van der Waals surface area contributed by atoms with Crippen LogP contribution < -0.4 is 4.43 Å². The molecular weight excluding hydrogens is 666 g/mol. The first-order valence-corrected chi connectivity index (χ1v) is 23.4. The summed E-state index contributed by atoms with van der Waals surface area (Å²) in [6, 6.07) is 22.7. The normalized spacial score (nSPS) is 13.5. The summed E-state index contributed by atoms with van der Waals surface area (Å²) in [7, 11) is -4.20. The molecule has 0 saturated carbocycles. The highest BCUT2D eigenvalue weighted by Gasteiger charge is 2.41. The number of rotatable bonds is 12. The number of carbonyl (C=O) groups is 2. The lowest BCUT2D eigenvalue weighted by atomic mass is 10.0. The maximum Gasteiger partial charge on any atom is 0.410 e. The van der Waals surface area contributed by atoms with Gasteiger partial charge in [0.15, 0.2) is 14.1 Å². The maximum absolute atomic E-state index is 13.6. The highest BCUT2D eigenvalue weighted by atomic mass is 35.5. The molecule has 268 valence electrons. The summed E-state index contributed by atoms with van der Waals surface area (Å²) < 4.78 is 19.2. The van der Waals surface area contributed by atoms with Crippen LogP contribution in [0.4, 0.5) is 4.79 Å². The molecule has 6 nitrogen and oxygen atoms in total. The van der Waals surface area contributed by atoms with Crippen molar-refractivity contribution in [3.05, 3.63) is 100 Å². The van der Waals surface area contributed by atoms with E-state index in [1.54, 1.807) is 4.90 Å². The van der Waals surface area contributed by atoms with E-state index in [0.717, 1.165) is 16.9 Å². The Kier molecular flexibility index (Phi) is 12.8. The number of ether oxygens (including phenoxy) is 1. The summed E-state index contributed by atoms with van der Waals surface area (Å²) in [5.74, 6) is 0.744. The van der Waals surface area contributed by atoms with E-state index in [1.807, 2.05) is 93.6 Å². The van der Waals surface area contributed by atoms with Gasteiger partial charge in [0.05, 0.1) is 12.6 Å². The van der Waals surface area contributed by atoms with Crippen molar-refractivity contribution in [2.24, 2.45) is 0 Å². The number of hydrogen-bond acceptors (Lipinski definition) is 5. The molecule has 0 aliphatic rings. The molecule has 0 spiro atoms. The van der Waals surface area contributed by atoms with Gasteiger partial charge in [-0.2, -0.15) is 0 Å². The lowest BCUT2D eigenvalue weighted by molar-refractivity contribution is 0.0158.